The van der Waals surface area contributed by atoms with E-state index in [9.17, 15) is 4.79 Å². The lowest BCUT2D eigenvalue weighted by Gasteiger charge is -2.07. The predicted molar refractivity (Wildman–Crippen MR) is 75.9 cm³/mol. The smallest absolute Gasteiger partial charge is 0.271 e. The molecule has 0 atom stereocenters. The summed E-state index contributed by atoms with van der Waals surface area (Å²) in [6.45, 7) is 0.381. The molecule has 6 heteroatoms. The highest BCUT2D eigenvalue weighted by Crippen LogP contribution is 2.16. The Kier molecular flexibility index (Phi) is 3.04. The Labute approximate surface area is 115 Å². The highest BCUT2D eigenvalue weighted by Gasteiger charge is 2.11. The summed E-state index contributed by atoms with van der Waals surface area (Å²) in [4.78, 5) is 16.3. The quantitative estimate of drug-likeness (QED) is 0.669. The van der Waals surface area contributed by atoms with Crippen LogP contribution in [0.1, 0.15) is 16.1 Å². The van der Waals surface area contributed by atoms with Crippen molar-refractivity contribution in [1.29, 1.82) is 0 Å². The molecule has 3 aromatic rings. The largest absolute Gasteiger partial charge is 0.396 e. The summed E-state index contributed by atoms with van der Waals surface area (Å²) >= 11 is 0. The summed E-state index contributed by atoms with van der Waals surface area (Å²) in [6.07, 6.45) is 3.15. The summed E-state index contributed by atoms with van der Waals surface area (Å²) in [5.74, 6) is -0.284. The van der Waals surface area contributed by atoms with Gasteiger partial charge in [-0.15, -0.1) is 0 Å². The van der Waals surface area contributed by atoms with Crippen LogP contribution < -0.4 is 11.1 Å². The van der Waals surface area contributed by atoms with Crippen molar-refractivity contribution in [3.05, 3.63) is 54.0 Å². The summed E-state index contributed by atoms with van der Waals surface area (Å²) in [5.41, 5.74) is 8.08. The van der Waals surface area contributed by atoms with Crippen LogP contribution in [-0.4, -0.2) is 21.1 Å². The zero-order chi connectivity index (χ0) is 13.9. The Bertz CT molecular complexity index is 760. The van der Waals surface area contributed by atoms with E-state index in [0.717, 1.165) is 16.5 Å². The molecule has 3 rings (SSSR count). The third-order valence-electron chi connectivity index (χ3n) is 3.05. The number of para-hydroxylation sites is 1. The van der Waals surface area contributed by atoms with Crippen LogP contribution in [0.15, 0.2) is 42.7 Å². The van der Waals surface area contributed by atoms with Gasteiger partial charge in [0, 0.05) is 18.1 Å². The van der Waals surface area contributed by atoms with E-state index in [2.05, 4.69) is 20.5 Å². The van der Waals surface area contributed by atoms with Gasteiger partial charge in [0.05, 0.1) is 17.4 Å². The summed E-state index contributed by atoms with van der Waals surface area (Å²) in [5, 5.41) is 10.1. The van der Waals surface area contributed by atoms with Gasteiger partial charge in [-0.2, -0.15) is 5.10 Å². The van der Waals surface area contributed by atoms with Crippen molar-refractivity contribution >= 4 is 22.5 Å². The van der Waals surface area contributed by atoms with Gasteiger partial charge in [-0.1, -0.05) is 24.3 Å². The number of pyridine rings is 1. The van der Waals surface area contributed by atoms with Crippen LogP contribution in [0.4, 0.5) is 5.69 Å². The normalized spacial score (nSPS) is 10.6. The van der Waals surface area contributed by atoms with E-state index < -0.39 is 0 Å². The summed E-state index contributed by atoms with van der Waals surface area (Å²) in [7, 11) is 0. The first-order valence-electron chi connectivity index (χ1n) is 6.15. The fourth-order valence-corrected chi connectivity index (χ4v) is 2.05. The zero-order valence-corrected chi connectivity index (χ0v) is 10.6. The van der Waals surface area contributed by atoms with E-state index in [0.29, 0.717) is 12.2 Å². The zero-order valence-electron chi connectivity index (χ0n) is 10.6. The van der Waals surface area contributed by atoms with Crippen LogP contribution >= 0.6 is 0 Å². The average Bonchev–Trinajstić information content (AvgIpc) is 2.91. The molecule has 0 aliphatic rings. The standard InChI is InChI=1S/C14H13N5O/c15-11-8-18-19-13(11)14(20)17-7-10-4-1-3-9-5-2-6-16-12(9)10/h1-6,8H,7,15H2,(H,17,20)(H,18,19). The van der Waals surface area contributed by atoms with Gasteiger partial charge in [0.25, 0.3) is 5.91 Å². The number of fused-ring (bicyclic) bond motifs is 1. The number of aromatic amines is 1. The molecule has 0 bridgehead atoms. The molecule has 2 aromatic heterocycles. The van der Waals surface area contributed by atoms with Gasteiger partial charge in [0.1, 0.15) is 5.69 Å². The number of benzene rings is 1. The molecule has 6 nitrogen and oxygen atoms in total. The van der Waals surface area contributed by atoms with Crippen LogP contribution in [0.3, 0.4) is 0 Å². The number of nitrogens with one attached hydrogen (secondary N) is 2. The first-order chi connectivity index (χ1) is 9.75. The highest BCUT2D eigenvalue weighted by atomic mass is 16.1. The Morgan fingerprint density at radius 3 is 2.95 bits per heavy atom. The molecule has 20 heavy (non-hydrogen) atoms. The Morgan fingerprint density at radius 2 is 2.15 bits per heavy atom. The summed E-state index contributed by atoms with van der Waals surface area (Å²) < 4.78 is 0. The van der Waals surface area contributed by atoms with Gasteiger partial charge in [-0.3, -0.25) is 14.9 Å². The number of nitrogen functional groups attached to an aromatic ring is 1. The molecule has 2 heterocycles. The van der Waals surface area contributed by atoms with Crippen molar-refractivity contribution in [2.24, 2.45) is 0 Å². The van der Waals surface area contributed by atoms with Gasteiger partial charge in [0.15, 0.2) is 0 Å². The molecule has 0 unspecified atom stereocenters. The van der Waals surface area contributed by atoms with Crippen molar-refractivity contribution in [1.82, 2.24) is 20.5 Å². The molecule has 4 N–H and O–H groups in total. The molecule has 0 fully saturated rings. The van der Waals surface area contributed by atoms with Gasteiger partial charge in [0.2, 0.25) is 0 Å². The lowest BCUT2D eigenvalue weighted by molar-refractivity contribution is 0.0947. The molecule has 0 radical (unpaired) electrons. The van der Waals surface area contributed by atoms with Crippen molar-refractivity contribution < 1.29 is 4.79 Å². The number of anilines is 1. The van der Waals surface area contributed by atoms with Crippen LogP contribution in [0.25, 0.3) is 10.9 Å². The van der Waals surface area contributed by atoms with Crippen molar-refractivity contribution in [2.45, 2.75) is 6.54 Å². The minimum atomic E-state index is -0.284. The number of H-pyrrole nitrogens is 1. The van der Waals surface area contributed by atoms with Crippen LogP contribution in [0, 0.1) is 0 Å². The number of hydrogen-bond acceptors (Lipinski definition) is 4. The topological polar surface area (TPSA) is 96.7 Å². The second kappa shape index (κ2) is 5.00. The molecule has 0 saturated heterocycles. The second-order valence-corrected chi connectivity index (χ2v) is 4.38. The SMILES string of the molecule is Nc1cn[nH]c1C(=O)NCc1cccc2cccnc12. The van der Waals surface area contributed by atoms with Crippen LogP contribution in [0.5, 0.6) is 0 Å². The third kappa shape index (κ3) is 2.18. The van der Waals surface area contributed by atoms with Crippen molar-refractivity contribution in [3.8, 4) is 0 Å². The first kappa shape index (κ1) is 12.2. The molecule has 1 aromatic carbocycles. The lowest BCUT2D eigenvalue weighted by Crippen LogP contribution is -2.24. The van der Waals surface area contributed by atoms with E-state index >= 15 is 0 Å². The molecule has 0 spiro atoms. The molecule has 1 amide bonds. The van der Waals surface area contributed by atoms with Crippen molar-refractivity contribution in [3.63, 3.8) is 0 Å². The molecule has 0 aliphatic heterocycles. The Morgan fingerprint density at radius 1 is 1.30 bits per heavy atom. The molecule has 100 valence electrons. The predicted octanol–water partition coefficient (Wildman–Crippen LogP) is 1.47. The van der Waals surface area contributed by atoms with E-state index in [4.69, 9.17) is 5.73 Å². The van der Waals surface area contributed by atoms with Gasteiger partial charge >= 0.3 is 0 Å². The minimum Gasteiger partial charge on any atom is -0.396 e. The third-order valence-corrected chi connectivity index (χ3v) is 3.05. The molecular formula is C14H13N5O. The number of aromatic nitrogens is 3. The molecular weight excluding hydrogens is 254 g/mol. The fourth-order valence-electron chi connectivity index (χ4n) is 2.05. The van der Waals surface area contributed by atoms with E-state index in [-0.39, 0.29) is 11.6 Å². The maximum atomic E-state index is 12.0. The number of rotatable bonds is 3. The van der Waals surface area contributed by atoms with E-state index in [1.165, 1.54) is 6.20 Å². The number of nitrogens with zero attached hydrogens (tertiary/aromatic N) is 2. The monoisotopic (exact) mass is 267 g/mol. The maximum Gasteiger partial charge on any atom is 0.271 e. The molecule has 0 aliphatic carbocycles. The Hall–Kier alpha value is -2.89. The van der Waals surface area contributed by atoms with Crippen LogP contribution in [0.2, 0.25) is 0 Å². The second-order valence-electron chi connectivity index (χ2n) is 4.38. The van der Waals surface area contributed by atoms with Gasteiger partial charge in [-0.05, 0) is 11.6 Å². The fraction of sp³-hybridized carbons (Fsp3) is 0.0714. The van der Waals surface area contributed by atoms with Crippen LogP contribution in [-0.2, 0) is 6.54 Å². The minimum absolute atomic E-state index is 0.276. The van der Waals surface area contributed by atoms with E-state index in [1.54, 1.807) is 6.20 Å². The number of amides is 1. The highest BCUT2D eigenvalue weighted by molar-refractivity contribution is 5.97. The number of hydrogen-bond donors (Lipinski definition) is 3. The number of carbonyl (C=O) groups excluding carboxylic acids is 1. The number of carbonyl (C=O) groups is 1. The first-order valence-corrected chi connectivity index (χ1v) is 6.15. The van der Waals surface area contributed by atoms with E-state index in [1.807, 2.05) is 30.3 Å². The van der Waals surface area contributed by atoms with Gasteiger partial charge in [-0.25, -0.2) is 0 Å². The average molecular weight is 267 g/mol. The summed E-state index contributed by atoms with van der Waals surface area (Å²) in [6, 6.07) is 9.74. The van der Waals surface area contributed by atoms with Crippen molar-refractivity contribution in [2.75, 3.05) is 5.73 Å². The number of nitrogens with two attached hydrogens (primary N) is 1. The maximum absolute atomic E-state index is 12.0. The lowest BCUT2D eigenvalue weighted by atomic mass is 10.1. The van der Waals surface area contributed by atoms with Gasteiger partial charge < -0.3 is 11.1 Å². The Balaban J connectivity index is 1.81. The molecule has 0 saturated carbocycles.